The van der Waals surface area contributed by atoms with Crippen LogP contribution in [0.5, 0.6) is 0 Å². The summed E-state index contributed by atoms with van der Waals surface area (Å²) < 4.78 is 0. The Balaban J connectivity index is 0.887. The molecular formula is C70H56N2. The van der Waals surface area contributed by atoms with Crippen LogP contribution in [0.3, 0.4) is 0 Å². The van der Waals surface area contributed by atoms with Gasteiger partial charge in [0.15, 0.2) is 0 Å². The lowest BCUT2D eigenvalue weighted by Crippen LogP contribution is -2.10. The highest BCUT2D eigenvalue weighted by Crippen LogP contribution is 2.39. The molecule has 72 heavy (non-hydrogen) atoms. The molecule has 10 aromatic rings. The highest BCUT2D eigenvalue weighted by atomic mass is 15.1. The smallest absolute Gasteiger partial charge is 0.0464 e. The Bertz CT molecular complexity index is 3140. The van der Waals surface area contributed by atoms with Crippen LogP contribution in [-0.4, -0.2) is 0 Å². The zero-order chi connectivity index (χ0) is 48.9. The minimum atomic E-state index is 1.09. The first kappa shape index (κ1) is 46.5. The van der Waals surface area contributed by atoms with Crippen molar-refractivity contribution >= 4 is 57.4 Å². The number of benzene rings is 10. The highest BCUT2D eigenvalue weighted by Gasteiger charge is 2.16. The Morgan fingerprint density at radius 1 is 0.278 bits per heavy atom. The van der Waals surface area contributed by atoms with Gasteiger partial charge in [0.05, 0.1) is 0 Å². The second-order valence-corrected chi connectivity index (χ2v) is 18.0. The van der Waals surface area contributed by atoms with E-state index >= 15 is 0 Å². The summed E-state index contributed by atoms with van der Waals surface area (Å²) in [5.41, 5.74) is 20.8. The SMILES string of the molecule is Cc1cccc(N(c2ccc(C=CC=C(c3ccccc3)c3ccccc3)cc2)c2ccc(-c3ccc(N(c4ccc(C=CC=C(c5ccccc5)c5ccccc5)cc4)c4cccc(C)c4)cc3)cc2)c1. The molecule has 0 unspecified atom stereocenters. The monoisotopic (exact) mass is 924 g/mol. The molecular weight excluding hydrogens is 869 g/mol. The van der Waals surface area contributed by atoms with Gasteiger partial charge in [-0.3, -0.25) is 0 Å². The molecule has 0 spiro atoms. The van der Waals surface area contributed by atoms with Crippen molar-refractivity contribution in [1.82, 2.24) is 0 Å². The van der Waals surface area contributed by atoms with Gasteiger partial charge in [-0.2, -0.15) is 0 Å². The van der Waals surface area contributed by atoms with Crippen molar-refractivity contribution in [2.45, 2.75) is 13.8 Å². The van der Waals surface area contributed by atoms with Crippen LogP contribution < -0.4 is 9.80 Å². The number of aryl methyl sites for hydroxylation is 2. The molecule has 0 aliphatic heterocycles. The molecule has 0 aliphatic rings. The number of rotatable bonds is 15. The summed E-state index contributed by atoms with van der Waals surface area (Å²) in [6, 6.07) is 95.2. The predicted octanol–water partition coefficient (Wildman–Crippen LogP) is 19.2. The van der Waals surface area contributed by atoms with Crippen molar-refractivity contribution in [1.29, 1.82) is 0 Å². The Hall–Kier alpha value is -9.24. The van der Waals surface area contributed by atoms with Crippen LogP contribution in [0.15, 0.2) is 291 Å². The zero-order valence-electron chi connectivity index (χ0n) is 40.8. The molecule has 346 valence electrons. The van der Waals surface area contributed by atoms with Gasteiger partial charge in [-0.15, -0.1) is 0 Å². The van der Waals surface area contributed by atoms with E-state index in [1.807, 2.05) is 0 Å². The summed E-state index contributed by atoms with van der Waals surface area (Å²) in [6.45, 7) is 4.30. The van der Waals surface area contributed by atoms with E-state index < -0.39 is 0 Å². The number of hydrogen-bond donors (Lipinski definition) is 0. The van der Waals surface area contributed by atoms with Crippen LogP contribution >= 0.6 is 0 Å². The fourth-order valence-electron chi connectivity index (χ4n) is 9.20. The molecule has 0 saturated carbocycles. The van der Waals surface area contributed by atoms with E-state index in [9.17, 15) is 0 Å². The van der Waals surface area contributed by atoms with Gasteiger partial charge in [0.25, 0.3) is 0 Å². The molecule has 2 heteroatoms. The van der Waals surface area contributed by atoms with E-state index in [-0.39, 0.29) is 0 Å². The summed E-state index contributed by atoms with van der Waals surface area (Å²) >= 11 is 0. The molecule has 0 aromatic heterocycles. The third-order valence-electron chi connectivity index (χ3n) is 12.8. The quantitative estimate of drug-likeness (QED) is 0.0946. The average molecular weight is 925 g/mol. The molecule has 0 atom stereocenters. The zero-order valence-corrected chi connectivity index (χ0v) is 40.8. The Labute approximate surface area is 425 Å². The van der Waals surface area contributed by atoms with Crippen molar-refractivity contribution in [3.63, 3.8) is 0 Å². The maximum Gasteiger partial charge on any atom is 0.0464 e. The molecule has 10 rings (SSSR count). The van der Waals surface area contributed by atoms with Crippen LogP contribution in [-0.2, 0) is 0 Å². The van der Waals surface area contributed by atoms with Crippen LogP contribution in [0.4, 0.5) is 34.1 Å². The summed E-state index contributed by atoms with van der Waals surface area (Å²) in [7, 11) is 0. The fraction of sp³-hybridized carbons (Fsp3) is 0.0286. The Morgan fingerprint density at radius 2 is 0.569 bits per heavy atom. The van der Waals surface area contributed by atoms with Gasteiger partial charge in [-0.05, 0) is 153 Å². The first-order valence-corrected chi connectivity index (χ1v) is 24.7. The van der Waals surface area contributed by atoms with Crippen molar-refractivity contribution in [2.75, 3.05) is 9.80 Å². The molecule has 0 saturated heterocycles. The summed E-state index contributed by atoms with van der Waals surface area (Å²) in [5, 5.41) is 0. The second-order valence-electron chi connectivity index (χ2n) is 18.0. The van der Waals surface area contributed by atoms with Gasteiger partial charge >= 0.3 is 0 Å². The molecule has 0 fully saturated rings. The highest BCUT2D eigenvalue weighted by molar-refractivity contribution is 5.84. The van der Waals surface area contributed by atoms with E-state index in [1.54, 1.807) is 0 Å². The van der Waals surface area contributed by atoms with Gasteiger partial charge in [0.1, 0.15) is 0 Å². The molecule has 10 aromatic carbocycles. The van der Waals surface area contributed by atoms with E-state index in [4.69, 9.17) is 0 Å². The third kappa shape index (κ3) is 11.3. The normalized spacial score (nSPS) is 11.1. The topological polar surface area (TPSA) is 6.48 Å². The first-order valence-electron chi connectivity index (χ1n) is 24.7. The van der Waals surface area contributed by atoms with Crippen molar-refractivity contribution in [2.24, 2.45) is 0 Å². The number of nitrogens with zero attached hydrogens (tertiary/aromatic N) is 2. The minimum absolute atomic E-state index is 1.09. The molecule has 0 N–H and O–H groups in total. The van der Waals surface area contributed by atoms with Crippen LogP contribution in [0, 0.1) is 13.8 Å². The van der Waals surface area contributed by atoms with E-state index in [0.29, 0.717) is 0 Å². The molecule has 0 radical (unpaired) electrons. The minimum Gasteiger partial charge on any atom is -0.310 e. The molecule has 0 amide bonds. The van der Waals surface area contributed by atoms with Gasteiger partial charge < -0.3 is 9.80 Å². The maximum absolute atomic E-state index is 2.33. The Kier molecular flexibility index (Phi) is 14.5. The summed E-state index contributed by atoms with van der Waals surface area (Å²) in [4.78, 5) is 4.67. The van der Waals surface area contributed by atoms with Gasteiger partial charge in [0, 0.05) is 34.1 Å². The third-order valence-corrected chi connectivity index (χ3v) is 12.8. The van der Waals surface area contributed by atoms with E-state index in [0.717, 1.165) is 56.4 Å². The van der Waals surface area contributed by atoms with Crippen molar-refractivity contribution in [3.8, 4) is 11.1 Å². The largest absolute Gasteiger partial charge is 0.310 e. The lowest BCUT2D eigenvalue weighted by molar-refractivity contribution is 1.27. The fourth-order valence-corrected chi connectivity index (χ4v) is 9.20. The van der Waals surface area contributed by atoms with Gasteiger partial charge in [-0.1, -0.05) is 231 Å². The first-order chi connectivity index (χ1) is 35.5. The predicted molar refractivity (Wildman–Crippen MR) is 309 cm³/mol. The molecule has 0 heterocycles. The maximum atomic E-state index is 2.33. The molecule has 0 aliphatic carbocycles. The van der Waals surface area contributed by atoms with Crippen LogP contribution in [0.1, 0.15) is 44.5 Å². The second kappa shape index (κ2) is 22.5. The summed E-state index contributed by atoms with van der Waals surface area (Å²) in [5.74, 6) is 0. The molecule has 2 nitrogen and oxygen atoms in total. The lowest BCUT2D eigenvalue weighted by Gasteiger charge is -2.26. The Morgan fingerprint density at radius 3 is 0.861 bits per heavy atom. The van der Waals surface area contributed by atoms with Gasteiger partial charge in [-0.25, -0.2) is 0 Å². The average Bonchev–Trinajstić information content (AvgIpc) is 3.43. The number of hydrogen-bond acceptors (Lipinski definition) is 2. The van der Waals surface area contributed by atoms with Gasteiger partial charge in [0.2, 0.25) is 0 Å². The number of allylic oxidation sites excluding steroid dienone is 4. The van der Waals surface area contributed by atoms with Crippen molar-refractivity contribution < 1.29 is 0 Å². The number of anilines is 6. The standard InChI is InChI=1S/C70H56N2/c1-53-19-15-31-67(51-53)71(63-43-35-55(36-44-63)21-17-33-69(59-23-7-3-8-24-59)60-25-9-4-10-26-60)65-47-39-57(40-48-65)58-41-49-66(50-42-58)72(68-32-16-20-54(2)52-68)64-45-37-56(38-46-64)22-18-34-70(61-27-11-5-12-28-61)62-29-13-6-14-30-62/h3-52H,1-2H3. The summed E-state index contributed by atoms with van der Waals surface area (Å²) in [6.07, 6.45) is 13.1. The van der Waals surface area contributed by atoms with Crippen molar-refractivity contribution in [3.05, 3.63) is 336 Å². The van der Waals surface area contributed by atoms with Crippen LogP contribution in [0.2, 0.25) is 0 Å². The van der Waals surface area contributed by atoms with E-state index in [1.165, 1.54) is 44.5 Å². The van der Waals surface area contributed by atoms with E-state index in [2.05, 4.69) is 327 Å². The molecule has 0 bridgehead atoms. The lowest BCUT2D eigenvalue weighted by atomic mass is 9.97. The van der Waals surface area contributed by atoms with Crippen LogP contribution in [0.25, 0.3) is 34.4 Å².